The minimum atomic E-state index is -3.76. The van der Waals surface area contributed by atoms with Crippen molar-refractivity contribution in [3.05, 3.63) is 71.1 Å². The first-order valence-electron chi connectivity index (χ1n) is 11.9. The maximum absolute atomic E-state index is 13.4. The van der Waals surface area contributed by atoms with Crippen molar-refractivity contribution in [3.63, 3.8) is 0 Å². The highest BCUT2D eigenvalue weighted by atomic mass is 32.2. The van der Waals surface area contributed by atoms with Crippen molar-refractivity contribution in [1.29, 1.82) is 0 Å². The van der Waals surface area contributed by atoms with Crippen LogP contribution in [0.5, 0.6) is 0 Å². The lowest BCUT2D eigenvalue weighted by Gasteiger charge is -2.24. The summed E-state index contributed by atoms with van der Waals surface area (Å²) in [5.41, 5.74) is 1.89. The summed E-state index contributed by atoms with van der Waals surface area (Å²) in [5, 5.41) is 3.47. The van der Waals surface area contributed by atoms with Crippen LogP contribution >= 0.6 is 11.3 Å². The topological polar surface area (TPSA) is 90.0 Å². The molecule has 194 valence electrons. The van der Waals surface area contributed by atoms with Crippen LogP contribution in [0.2, 0.25) is 0 Å². The van der Waals surface area contributed by atoms with Gasteiger partial charge in [-0.25, -0.2) is 8.42 Å². The lowest BCUT2D eigenvalue weighted by Crippen LogP contribution is -2.33. The molecule has 2 heterocycles. The number of rotatable bonds is 11. The Bertz CT molecular complexity index is 1220. The maximum Gasteiger partial charge on any atom is 0.257 e. The van der Waals surface area contributed by atoms with Crippen molar-refractivity contribution >= 4 is 38.2 Å². The van der Waals surface area contributed by atoms with Gasteiger partial charge in [0.25, 0.3) is 11.8 Å². The van der Waals surface area contributed by atoms with Crippen LogP contribution in [0.3, 0.4) is 0 Å². The molecule has 1 aromatic carbocycles. The van der Waals surface area contributed by atoms with Gasteiger partial charge in [-0.2, -0.15) is 4.31 Å². The number of amides is 2. The second-order valence-electron chi connectivity index (χ2n) is 8.55. The van der Waals surface area contributed by atoms with Crippen molar-refractivity contribution in [2.45, 2.75) is 31.7 Å². The van der Waals surface area contributed by atoms with Crippen molar-refractivity contribution in [3.8, 4) is 0 Å². The Kier molecular flexibility index (Phi) is 9.24. The molecular weight excluding hydrogens is 496 g/mol. The minimum absolute atomic E-state index is 0.0785. The Balaban J connectivity index is 1.89. The molecule has 0 radical (unpaired) electrons. The number of nitrogens with zero attached hydrogens (tertiary/aromatic N) is 3. The number of nitrogens with one attached hydrogen (secondary N) is 1. The van der Waals surface area contributed by atoms with Gasteiger partial charge in [0, 0.05) is 49.7 Å². The summed E-state index contributed by atoms with van der Waals surface area (Å²) in [6.45, 7) is 14.1. The van der Waals surface area contributed by atoms with Crippen molar-refractivity contribution in [1.82, 2.24) is 14.1 Å². The van der Waals surface area contributed by atoms with E-state index in [0.29, 0.717) is 29.2 Å². The molecule has 0 fully saturated rings. The van der Waals surface area contributed by atoms with E-state index in [2.05, 4.69) is 23.4 Å². The number of hydrogen-bond donors (Lipinski definition) is 1. The lowest BCUT2D eigenvalue weighted by molar-refractivity contribution is 0.0772. The summed E-state index contributed by atoms with van der Waals surface area (Å²) in [4.78, 5) is 31.6. The summed E-state index contributed by atoms with van der Waals surface area (Å²) < 4.78 is 27.1. The third kappa shape index (κ3) is 5.78. The predicted molar refractivity (Wildman–Crippen MR) is 145 cm³/mol. The van der Waals surface area contributed by atoms with E-state index in [4.69, 9.17) is 0 Å². The quantitative estimate of drug-likeness (QED) is 0.446. The molecule has 1 aliphatic rings. The van der Waals surface area contributed by atoms with Gasteiger partial charge in [-0.15, -0.1) is 24.5 Å². The van der Waals surface area contributed by atoms with Gasteiger partial charge in [0.1, 0.15) is 5.00 Å². The molecule has 0 saturated heterocycles. The molecule has 36 heavy (non-hydrogen) atoms. The lowest BCUT2D eigenvalue weighted by atomic mass is 10.0. The summed E-state index contributed by atoms with van der Waals surface area (Å²) in [6.07, 6.45) is 3.77. The minimum Gasteiger partial charge on any atom is -0.339 e. The largest absolute Gasteiger partial charge is 0.339 e. The van der Waals surface area contributed by atoms with E-state index >= 15 is 0 Å². The van der Waals surface area contributed by atoms with E-state index < -0.39 is 15.9 Å². The van der Waals surface area contributed by atoms with E-state index in [0.717, 1.165) is 30.0 Å². The Labute approximate surface area is 217 Å². The second kappa shape index (κ2) is 12.0. The normalized spacial score (nSPS) is 13.8. The van der Waals surface area contributed by atoms with Gasteiger partial charge in [-0.05, 0) is 57.1 Å². The first kappa shape index (κ1) is 27.8. The van der Waals surface area contributed by atoms with Crippen LogP contribution in [0.15, 0.2) is 54.5 Å². The van der Waals surface area contributed by atoms with Crippen LogP contribution in [0.1, 0.15) is 45.0 Å². The monoisotopic (exact) mass is 530 g/mol. The number of likely N-dealkylation sites (N-methyl/N-ethyl adjacent to an activating group) is 1. The van der Waals surface area contributed by atoms with E-state index in [9.17, 15) is 18.0 Å². The molecule has 8 nitrogen and oxygen atoms in total. The molecule has 0 atom stereocenters. The molecular formula is C26H34N4O4S2. The first-order chi connectivity index (χ1) is 17.2. The third-order valence-electron chi connectivity index (χ3n) is 6.16. The van der Waals surface area contributed by atoms with E-state index in [-0.39, 0.29) is 23.9 Å². The molecule has 10 heteroatoms. The first-order valence-corrected chi connectivity index (χ1v) is 14.2. The Morgan fingerprint density at radius 2 is 1.72 bits per heavy atom. The van der Waals surface area contributed by atoms with Crippen LogP contribution in [0, 0.1) is 0 Å². The zero-order valence-corrected chi connectivity index (χ0v) is 22.8. The second-order valence-corrected chi connectivity index (χ2v) is 11.6. The molecule has 0 bridgehead atoms. The molecule has 1 aliphatic heterocycles. The molecule has 0 spiro atoms. The van der Waals surface area contributed by atoms with Crippen LogP contribution in [0.25, 0.3) is 0 Å². The van der Waals surface area contributed by atoms with Gasteiger partial charge < -0.3 is 15.1 Å². The molecule has 1 aromatic heterocycles. The number of fused-ring (bicyclic) bond motifs is 1. The van der Waals surface area contributed by atoms with Gasteiger partial charge in [0.2, 0.25) is 10.0 Å². The Morgan fingerprint density at radius 3 is 2.28 bits per heavy atom. The van der Waals surface area contributed by atoms with Crippen LogP contribution in [-0.4, -0.2) is 74.1 Å². The zero-order valence-electron chi connectivity index (χ0n) is 21.1. The van der Waals surface area contributed by atoms with Crippen LogP contribution in [-0.2, 0) is 23.0 Å². The number of carbonyl (C=O) groups is 2. The highest BCUT2D eigenvalue weighted by molar-refractivity contribution is 7.89. The van der Waals surface area contributed by atoms with Crippen molar-refractivity contribution < 1.29 is 18.0 Å². The predicted octanol–water partition coefficient (Wildman–Crippen LogP) is 3.83. The molecule has 0 aliphatic carbocycles. The molecule has 0 saturated carbocycles. The highest BCUT2D eigenvalue weighted by Gasteiger charge is 2.30. The number of sulfonamides is 1. The summed E-state index contributed by atoms with van der Waals surface area (Å²) in [6, 6.07) is 5.80. The summed E-state index contributed by atoms with van der Waals surface area (Å²) in [5.74, 6) is -0.475. The number of hydrogen-bond acceptors (Lipinski definition) is 6. The number of anilines is 1. The molecule has 1 N–H and O–H groups in total. The number of carbonyl (C=O) groups excluding carboxylic acids is 2. The van der Waals surface area contributed by atoms with Crippen LogP contribution < -0.4 is 5.32 Å². The SMILES string of the molecule is C=CCN(CC=C)S(=O)(=O)c1ccc(C(=O)Nc2sc3c(c2C(=O)N(CC)CC)CCN(C)C3)cc1. The molecule has 2 aromatic rings. The maximum atomic E-state index is 13.4. The highest BCUT2D eigenvalue weighted by Crippen LogP contribution is 2.38. The fourth-order valence-corrected chi connectivity index (χ4v) is 6.87. The summed E-state index contributed by atoms with van der Waals surface area (Å²) >= 11 is 1.44. The van der Waals surface area contributed by atoms with E-state index in [1.165, 1.54) is 52.1 Å². The van der Waals surface area contributed by atoms with Crippen molar-refractivity contribution in [2.24, 2.45) is 0 Å². The van der Waals surface area contributed by atoms with Crippen LogP contribution in [0.4, 0.5) is 5.00 Å². The average Bonchev–Trinajstić information content (AvgIpc) is 3.21. The van der Waals surface area contributed by atoms with E-state index in [1.54, 1.807) is 4.90 Å². The van der Waals surface area contributed by atoms with Gasteiger partial charge in [0.05, 0.1) is 10.5 Å². The number of thiophene rings is 1. The standard InChI is InChI=1S/C26H34N4O4S2/c1-6-15-30(16-7-2)36(33,34)20-12-10-19(11-13-20)24(31)27-25-23(26(32)29(8-3)9-4)21-14-17-28(5)18-22(21)35-25/h6-7,10-13H,1-2,8-9,14-18H2,3-5H3,(H,27,31). The van der Waals surface area contributed by atoms with Gasteiger partial charge in [-0.3, -0.25) is 9.59 Å². The Hall–Kier alpha value is -2.79. The average molecular weight is 531 g/mol. The fourth-order valence-electron chi connectivity index (χ4n) is 4.18. The van der Waals surface area contributed by atoms with E-state index in [1.807, 2.05) is 20.9 Å². The molecule has 2 amide bonds. The molecule has 3 rings (SSSR count). The fraction of sp³-hybridized carbons (Fsp3) is 0.385. The third-order valence-corrected chi connectivity index (χ3v) is 9.14. The summed E-state index contributed by atoms with van der Waals surface area (Å²) in [7, 11) is -1.73. The van der Waals surface area contributed by atoms with Gasteiger partial charge in [0.15, 0.2) is 0 Å². The van der Waals surface area contributed by atoms with Gasteiger partial charge in [-0.1, -0.05) is 12.2 Å². The zero-order chi connectivity index (χ0) is 26.5. The van der Waals surface area contributed by atoms with Gasteiger partial charge >= 0.3 is 0 Å². The van der Waals surface area contributed by atoms with Crippen molar-refractivity contribution in [2.75, 3.05) is 45.1 Å². The number of benzene rings is 1. The molecule has 0 unspecified atom stereocenters. The Morgan fingerprint density at radius 1 is 1.11 bits per heavy atom. The smallest absolute Gasteiger partial charge is 0.257 e.